The smallest absolute Gasteiger partial charge is 0.320 e. The summed E-state index contributed by atoms with van der Waals surface area (Å²) in [6.07, 6.45) is 8.48. The van der Waals surface area contributed by atoms with Crippen LogP contribution in [0, 0.1) is 11.3 Å². The van der Waals surface area contributed by atoms with Crippen molar-refractivity contribution in [2.45, 2.75) is 57.0 Å². The Hall–Kier alpha value is -3.52. The lowest BCUT2D eigenvalue weighted by atomic mass is 9.69. The molecule has 0 bridgehead atoms. The molecule has 41 heavy (non-hydrogen) atoms. The Morgan fingerprint density at radius 3 is 2.63 bits per heavy atom. The van der Waals surface area contributed by atoms with E-state index in [9.17, 15) is 9.59 Å². The van der Waals surface area contributed by atoms with Crippen molar-refractivity contribution in [1.82, 2.24) is 20.0 Å². The molecule has 6 rings (SSSR count). The molecule has 218 valence electrons. The molecule has 3 N–H and O–H groups in total. The maximum atomic E-state index is 14.1. The van der Waals surface area contributed by atoms with Crippen molar-refractivity contribution in [2.24, 2.45) is 17.1 Å². The van der Waals surface area contributed by atoms with Gasteiger partial charge in [-0.05, 0) is 61.1 Å². The molecule has 3 heterocycles. The fraction of sp³-hybridized carbons (Fsp3) is 0.515. The number of ether oxygens (including phenoxy) is 1. The van der Waals surface area contributed by atoms with Gasteiger partial charge in [-0.15, -0.1) is 0 Å². The van der Waals surface area contributed by atoms with Crippen LogP contribution in [0.4, 0.5) is 4.79 Å². The van der Waals surface area contributed by atoms with E-state index in [-0.39, 0.29) is 36.1 Å². The van der Waals surface area contributed by atoms with E-state index < -0.39 is 0 Å². The van der Waals surface area contributed by atoms with Crippen LogP contribution in [0.3, 0.4) is 0 Å². The Morgan fingerprint density at radius 2 is 1.85 bits per heavy atom. The number of methoxy groups -OCH3 is 1. The first-order valence-electron chi connectivity index (χ1n) is 15.6. The van der Waals surface area contributed by atoms with Crippen LogP contribution in [0.15, 0.2) is 60.7 Å². The lowest BCUT2D eigenvalue weighted by Gasteiger charge is -2.50. The van der Waals surface area contributed by atoms with Gasteiger partial charge in [0.1, 0.15) is 5.75 Å². The number of para-hydroxylation sites is 1. The standard InChI is InChI=1S/C33H43N5O3/c1-41-30-12-6-5-11-27(30)28-20-31(39)37(23-35-28)21-25-13-17-36(22-33(25)15-7-8-16-33)32(40)38-18-14-26(34)19-29(38)24-9-3-2-4-10-24/h2-6,9-12,20,25-26,29,35H,7-8,13-19,21-23,34H2,1H3/t25-,26+,29-/m0/s1/i/hD. The van der Waals surface area contributed by atoms with E-state index >= 15 is 0 Å². The fourth-order valence-corrected chi connectivity index (χ4v) is 7.61. The van der Waals surface area contributed by atoms with Crippen molar-refractivity contribution >= 4 is 17.6 Å². The minimum Gasteiger partial charge on any atom is -0.496 e. The van der Waals surface area contributed by atoms with Crippen LogP contribution in [-0.2, 0) is 4.79 Å². The molecule has 0 radical (unpaired) electrons. The summed E-state index contributed by atoms with van der Waals surface area (Å²) >= 11 is 0. The van der Waals surface area contributed by atoms with E-state index in [1.165, 1.54) is 5.31 Å². The highest BCUT2D eigenvalue weighted by Crippen LogP contribution is 2.49. The molecule has 1 spiro atoms. The molecular weight excluding hydrogens is 514 g/mol. The average molecular weight is 559 g/mol. The number of hydrogen-bond acceptors (Lipinski definition) is 5. The van der Waals surface area contributed by atoms with Crippen molar-refractivity contribution in [3.8, 4) is 5.75 Å². The van der Waals surface area contributed by atoms with E-state index in [4.69, 9.17) is 11.9 Å². The zero-order valence-corrected chi connectivity index (χ0v) is 24.1. The van der Waals surface area contributed by atoms with Crippen LogP contribution >= 0.6 is 0 Å². The number of nitrogens with one attached hydrogen (secondary N) is 1. The highest BCUT2D eigenvalue weighted by molar-refractivity contribution is 5.97. The van der Waals surface area contributed by atoms with Crippen LogP contribution in [0.5, 0.6) is 5.75 Å². The Balaban J connectivity index is 1.17. The van der Waals surface area contributed by atoms with Gasteiger partial charge in [0.25, 0.3) is 0 Å². The third kappa shape index (κ3) is 5.54. The second-order valence-corrected chi connectivity index (χ2v) is 12.3. The number of rotatable bonds is 5. The van der Waals surface area contributed by atoms with Gasteiger partial charge < -0.3 is 30.5 Å². The fourth-order valence-electron chi connectivity index (χ4n) is 7.61. The van der Waals surface area contributed by atoms with Crippen molar-refractivity contribution in [3.63, 3.8) is 0 Å². The molecule has 0 aromatic heterocycles. The van der Waals surface area contributed by atoms with Gasteiger partial charge >= 0.3 is 6.03 Å². The van der Waals surface area contributed by atoms with E-state index in [1.54, 1.807) is 13.2 Å². The highest BCUT2D eigenvalue weighted by Gasteiger charge is 2.48. The number of likely N-dealkylation sites (tertiary alicyclic amines) is 2. The van der Waals surface area contributed by atoms with Crippen molar-refractivity contribution in [2.75, 3.05) is 40.0 Å². The van der Waals surface area contributed by atoms with Crippen LogP contribution in [0.25, 0.3) is 5.70 Å². The molecule has 8 nitrogen and oxygen atoms in total. The largest absolute Gasteiger partial charge is 0.496 e. The maximum absolute atomic E-state index is 14.1. The molecule has 1 saturated carbocycles. The summed E-state index contributed by atoms with van der Waals surface area (Å²) in [5.41, 5.74) is 8.82. The van der Waals surface area contributed by atoms with Gasteiger partial charge in [0.2, 0.25) is 5.91 Å². The summed E-state index contributed by atoms with van der Waals surface area (Å²) in [5, 5.41) is 1.39. The van der Waals surface area contributed by atoms with Crippen LogP contribution in [0.1, 0.15) is 62.1 Å². The average Bonchev–Trinajstić information content (AvgIpc) is 3.48. The Bertz CT molecular complexity index is 1310. The number of benzene rings is 2. The van der Waals surface area contributed by atoms with Gasteiger partial charge in [0, 0.05) is 43.9 Å². The summed E-state index contributed by atoms with van der Waals surface area (Å²) in [7, 11) is 1.60. The Labute approximate surface area is 245 Å². The molecule has 2 aromatic rings. The first-order chi connectivity index (χ1) is 20.4. The number of piperidine rings is 2. The van der Waals surface area contributed by atoms with Crippen molar-refractivity contribution in [1.29, 1.82) is 0 Å². The van der Waals surface area contributed by atoms with Gasteiger partial charge in [-0.25, -0.2) is 4.79 Å². The molecule has 3 atom stereocenters. The maximum Gasteiger partial charge on any atom is 0.320 e. The summed E-state index contributed by atoms with van der Waals surface area (Å²) < 4.78 is 14.2. The second-order valence-electron chi connectivity index (χ2n) is 12.3. The van der Waals surface area contributed by atoms with Crippen molar-refractivity contribution < 1.29 is 15.7 Å². The minimum atomic E-state index is -0.0681. The Kier molecular flexibility index (Phi) is 7.57. The topological polar surface area (TPSA) is 91.1 Å². The summed E-state index contributed by atoms with van der Waals surface area (Å²) in [5.74, 6) is 0.873. The predicted molar refractivity (Wildman–Crippen MR) is 160 cm³/mol. The van der Waals surface area contributed by atoms with Gasteiger partial charge in [-0.1, -0.05) is 55.3 Å². The predicted octanol–water partition coefficient (Wildman–Crippen LogP) is 4.59. The van der Waals surface area contributed by atoms with Gasteiger partial charge in [0.05, 0.1) is 25.5 Å². The summed E-state index contributed by atoms with van der Waals surface area (Å²) in [6, 6.07) is 18.0. The normalized spacial score (nSPS) is 26.7. The minimum absolute atomic E-state index is 0.00191. The number of nitrogens with two attached hydrogens (primary N) is 1. The van der Waals surface area contributed by atoms with Gasteiger partial charge in [0.15, 0.2) is 1.41 Å². The quantitative estimate of drug-likeness (QED) is 0.560. The first-order valence-corrected chi connectivity index (χ1v) is 15.1. The number of carbonyl (C=O) groups excluding carboxylic acids is 2. The molecule has 3 fully saturated rings. The third-order valence-electron chi connectivity index (χ3n) is 9.87. The van der Waals surface area contributed by atoms with Crippen molar-refractivity contribution in [3.05, 3.63) is 71.8 Å². The summed E-state index contributed by atoms with van der Waals surface area (Å²) in [6.45, 7) is 2.91. The zero-order chi connectivity index (χ0) is 29.3. The molecule has 0 unspecified atom stereocenters. The number of nitrogens with zero attached hydrogens (tertiary/aromatic N) is 3. The highest BCUT2D eigenvalue weighted by atomic mass is 16.5. The summed E-state index contributed by atoms with van der Waals surface area (Å²) in [4.78, 5) is 33.4. The van der Waals surface area contributed by atoms with E-state index in [1.807, 2.05) is 47.4 Å². The zero-order valence-electron chi connectivity index (χ0n) is 25.1. The van der Waals surface area contributed by atoms with Gasteiger partial charge in [-0.3, -0.25) is 4.79 Å². The molecule has 8 heteroatoms. The molecule has 4 aliphatic rings. The molecule has 2 aromatic carbocycles. The van der Waals surface area contributed by atoms with E-state index in [0.29, 0.717) is 37.0 Å². The second kappa shape index (κ2) is 11.8. The molecule has 3 amide bonds. The number of amides is 3. The monoisotopic (exact) mass is 558 g/mol. The van der Waals surface area contributed by atoms with Gasteiger partial charge in [-0.2, -0.15) is 0 Å². The van der Waals surface area contributed by atoms with Crippen LogP contribution in [0.2, 0.25) is 1.41 Å². The number of carbonyl (C=O) groups is 2. The molecule has 1 aliphatic carbocycles. The molecule has 2 saturated heterocycles. The van der Waals surface area contributed by atoms with Crippen LogP contribution in [-0.4, -0.2) is 72.6 Å². The molecular formula is C33H43N5O3. The number of urea groups is 1. The third-order valence-corrected chi connectivity index (χ3v) is 9.87. The number of hydrogen-bond donors (Lipinski definition) is 2. The molecule has 3 aliphatic heterocycles. The van der Waals surface area contributed by atoms with E-state index in [0.717, 1.165) is 62.6 Å². The van der Waals surface area contributed by atoms with Crippen LogP contribution < -0.4 is 15.8 Å². The van der Waals surface area contributed by atoms with E-state index in [2.05, 4.69) is 21.9 Å². The SMILES string of the molecule is [2H]N1CN(C[C@@H]2CCN(C(=O)N3CC[C@@H](N)C[C@H]3c3ccccc3)CC23CCCC3)C(=O)C=C1c1ccccc1OC. The Morgan fingerprint density at radius 1 is 1.10 bits per heavy atom. The first kappa shape index (κ1) is 26.4. The lowest BCUT2D eigenvalue weighted by Crippen LogP contribution is -2.58. The lowest BCUT2D eigenvalue weighted by molar-refractivity contribution is -0.128.